The van der Waals surface area contributed by atoms with Crippen molar-refractivity contribution in [3.8, 4) is 0 Å². The summed E-state index contributed by atoms with van der Waals surface area (Å²) in [4.78, 5) is 34.3. The highest BCUT2D eigenvalue weighted by atomic mass is 35.5. The molecular weight excluding hydrogens is 606 g/mol. The molecule has 0 aromatic heterocycles. The van der Waals surface area contributed by atoms with E-state index in [-0.39, 0.29) is 11.9 Å². The maximum Gasteiger partial charge on any atom is 0.329 e. The lowest BCUT2D eigenvalue weighted by molar-refractivity contribution is -0.138. The van der Waals surface area contributed by atoms with Gasteiger partial charge in [0.15, 0.2) is 6.04 Å². The number of nitrogens with one attached hydrogen (secondary N) is 1. The molecule has 0 aliphatic carbocycles. The minimum atomic E-state index is -1.19. The summed E-state index contributed by atoms with van der Waals surface area (Å²) in [5, 5.41) is 14.4. The molecule has 2 atom stereocenters. The summed E-state index contributed by atoms with van der Waals surface area (Å²) in [6.07, 6.45) is 1.67. The quantitative estimate of drug-likeness (QED) is 0.143. The van der Waals surface area contributed by atoms with Crippen molar-refractivity contribution in [3.05, 3.63) is 172 Å². The average Bonchev–Trinajstić information content (AvgIpc) is 3.57. The molecule has 1 aliphatic heterocycles. The van der Waals surface area contributed by atoms with Gasteiger partial charge in [0, 0.05) is 28.6 Å². The first kappa shape index (κ1) is 31.9. The van der Waals surface area contributed by atoms with Gasteiger partial charge in [0.25, 0.3) is 0 Å². The molecule has 1 heterocycles. The van der Waals surface area contributed by atoms with E-state index in [0.29, 0.717) is 34.1 Å². The highest BCUT2D eigenvalue weighted by molar-refractivity contribution is 6.31. The van der Waals surface area contributed by atoms with Crippen molar-refractivity contribution >= 4 is 34.9 Å². The zero-order chi connectivity index (χ0) is 32.6. The highest BCUT2D eigenvalue weighted by Crippen LogP contribution is 2.33. The van der Waals surface area contributed by atoms with E-state index in [1.54, 1.807) is 18.2 Å². The van der Waals surface area contributed by atoms with Crippen LogP contribution in [0.2, 0.25) is 5.02 Å². The Balaban J connectivity index is 1.42. The number of aliphatic imine (C=N–C) groups is 1. The molecule has 6 rings (SSSR count). The normalized spacial score (nSPS) is 15.8. The zero-order valence-corrected chi connectivity index (χ0v) is 26.6. The van der Waals surface area contributed by atoms with E-state index in [0.717, 1.165) is 36.1 Å². The van der Waals surface area contributed by atoms with Gasteiger partial charge < -0.3 is 10.4 Å². The molecule has 1 fully saturated rings. The third-order valence-electron chi connectivity index (χ3n) is 8.59. The molecule has 6 nitrogen and oxygen atoms in total. The highest BCUT2D eigenvalue weighted by Gasteiger charge is 2.33. The monoisotopic (exact) mass is 641 g/mol. The number of carbonyl (C=O) groups excluding carboxylic acids is 1. The number of aliphatic carboxylic acids is 1. The number of carboxylic acid groups (broad SMARTS) is 1. The van der Waals surface area contributed by atoms with Crippen LogP contribution >= 0.6 is 11.6 Å². The molecule has 5 aromatic carbocycles. The van der Waals surface area contributed by atoms with Gasteiger partial charge in [-0.05, 0) is 54.3 Å². The Kier molecular flexibility index (Phi) is 10.2. The Bertz CT molecular complexity index is 1790. The largest absolute Gasteiger partial charge is 0.480 e. The summed E-state index contributed by atoms with van der Waals surface area (Å²) in [6, 6.07) is 42.5. The summed E-state index contributed by atoms with van der Waals surface area (Å²) in [5.41, 5.74) is 5.04. The van der Waals surface area contributed by atoms with Crippen molar-refractivity contribution in [3.63, 3.8) is 0 Å². The van der Waals surface area contributed by atoms with Gasteiger partial charge in [0.2, 0.25) is 5.91 Å². The van der Waals surface area contributed by atoms with Gasteiger partial charge in [-0.25, -0.2) is 4.79 Å². The third-order valence-corrected chi connectivity index (χ3v) is 8.83. The SMILES string of the molecule is O=C(O)[C@@H](N=C(c1ccccc1)c1cc(Cl)ccc1NC(=O)[C@@H]1CCCN1Cc1ccccc1)C(c1ccccc1)c1ccccc1. The number of hydrogen-bond acceptors (Lipinski definition) is 4. The number of carboxylic acids is 1. The number of nitrogens with zero attached hydrogens (tertiary/aromatic N) is 2. The summed E-state index contributed by atoms with van der Waals surface area (Å²) in [5.74, 6) is -1.75. The lowest BCUT2D eigenvalue weighted by Crippen LogP contribution is -2.39. The Morgan fingerprint density at radius 3 is 1.98 bits per heavy atom. The smallest absolute Gasteiger partial charge is 0.329 e. The fraction of sp³-hybridized carbons (Fsp3) is 0.175. The number of halogens is 1. The second kappa shape index (κ2) is 15.0. The van der Waals surface area contributed by atoms with Gasteiger partial charge in [0.05, 0.1) is 17.4 Å². The number of hydrogen-bond donors (Lipinski definition) is 2. The van der Waals surface area contributed by atoms with Crippen LogP contribution in [-0.2, 0) is 16.1 Å². The average molecular weight is 642 g/mol. The van der Waals surface area contributed by atoms with Crippen molar-refractivity contribution in [2.24, 2.45) is 4.99 Å². The summed E-state index contributed by atoms with van der Waals surface area (Å²) in [7, 11) is 0. The predicted molar refractivity (Wildman–Crippen MR) is 188 cm³/mol. The van der Waals surface area contributed by atoms with Crippen molar-refractivity contribution < 1.29 is 14.7 Å². The van der Waals surface area contributed by atoms with E-state index in [9.17, 15) is 14.7 Å². The fourth-order valence-electron chi connectivity index (χ4n) is 6.35. The number of carbonyl (C=O) groups is 2. The van der Waals surface area contributed by atoms with Crippen LogP contribution in [0.25, 0.3) is 0 Å². The van der Waals surface area contributed by atoms with Crippen LogP contribution in [-0.4, -0.2) is 46.2 Å². The van der Waals surface area contributed by atoms with Crippen LogP contribution < -0.4 is 5.32 Å². The van der Waals surface area contributed by atoms with Crippen molar-refractivity contribution in [2.75, 3.05) is 11.9 Å². The van der Waals surface area contributed by atoms with Gasteiger partial charge >= 0.3 is 5.97 Å². The van der Waals surface area contributed by atoms with E-state index < -0.39 is 17.9 Å². The maximum atomic E-state index is 13.9. The van der Waals surface area contributed by atoms with Crippen LogP contribution in [0.5, 0.6) is 0 Å². The predicted octanol–water partition coefficient (Wildman–Crippen LogP) is 8.07. The second-order valence-electron chi connectivity index (χ2n) is 11.7. The molecule has 47 heavy (non-hydrogen) atoms. The Morgan fingerprint density at radius 1 is 0.809 bits per heavy atom. The molecule has 0 radical (unpaired) electrons. The minimum absolute atomic E-state index is 0.115. The number of likely N-dealkylation sites (tertiary alicyclic amines) is 1. The Morgan fingerprint density at radius 2 is 1.38 bits per heavy atom. The molecule has 1 aliphatic rings. The van der Waals surface area contributed by atoms with Gasteiger partial charge in [0.1, 0.15) is 0 Å². The van der Waals surface area contributed by atoms with E-state index in [4.69, 9.17) is 16.6 Å². The van der Waals surface area contributed by atoms with Gasteiger partial charge in [-0.1, -0.05) is 133 Å². The van der Waals surface area contributed by atoms with E-state index in [2.05, 4.69) is 22.3 Å². The van der Waals surface area contributed by atoms with Gasteiger partial charge in [-0.15, -0.1) is 0 Å². The summed E-state index contributed by atoms with van der Waals surface area (Å²) in [6.45, 7) is 1.52. The molecule has 0 saturated carbocycles. The molecule has 2 N–H and O–H groups in total. The Labute approximate surface area is 280 Å². The van der Waals surface area contributed by atoms with Crippen LogP contribution in [0, 0.1) is 0 Å². The van der Waals surface area contributed by atoms with E-state index in [1.165, 1.54) is 0 Å². The summed E-state index contributed by atoms with van der Waals surface area (Å²) < 4.78 is 0. The van der Waals surface area contributed by atoms with Crippen LogP contribution in [0.15, 0.2) is 145 Å². The Hall–Kier alpha value is -5.04. The fourth-order valence-corrected chi connectivity index (χ4v) is 6.52. The molecule has 0 unspecified atom stereocenters. The standard InChI is InChI=1S/C40H36ClN3O3/c41-32-23-24-34(42-39(45)35-22-13-25-44(35)27-28-14-5-1-6-15-28)33(26-32)37(31-20-11-4-12-21-31)43-38(40(46)47)36(29-16-7-2-8-17-29)30-18-9-3-10-19-30/h1-12,14-21,23-24,26,35-36,38H,13,22,25,27H2,(H,42,45)(H,46,47)/t35-,38-/m0/s1. The molecule has 5 aromatic rings. The zero-order valence-electron chi connectivity index (χ0n) is 25.9. The molecule has 7 heteroatoms. The molecule has 1 saturated heterocycles. The van der Waals surface area contributed by atoms with Crippen LogP contribution in [0.3, 0.4) is 0 Å². The number of rotatable bonds is 11. The van der Waals surface area contributed by atoms with E-state index in [1.807, 2.05) is 109 Å². The third kappa shape index (κ3) is 7.68. The lowest BCUT2D eigenvalue weighted by Gasteiger charge is -2.25. The first-order valence-electron chi connectivity index (χ1n) is 15.8. The topological polar surface area (TPSA) is 82.0 Å². The summed E-state index contributed by atoms with van der Waals surface area (Å²) >= 11 is 6.59. The first-order valence-corrected chi connectivity index (χ1v) is 16.2. The van der Waals surface area contributed by atoms with Crippen LogP contribution in [0.4, 0.5) is 5.69 Å². The van der Waals surface area contributed by atoms with E-state index >= 15 is 0 Å². The first-order chi connectivity index (χ1) is 23.0. The molecule has 1 amide bonds. The number of benzene rings is 5. The number of amides is 1. The maximum absolute atomic E-state index is 13.9. The van der Waals surface area contributed by atoms with Crippen molar-refractivity contribution in [1.29, 1.82) is 0 Å². The molecule has 236 valence electrons. The van der Waals surface area contributed by atoms with Crippen molar-refractivity contribution in [2.45, 2.75) is 37.4 Å². The lowest BCUT2D eigenvalue weighted by atomic mass is 9.85. The molecular formula is C40H36ClN3O3. The van der Waals surface area contributed by atoms with Gasteiger partial charge in [-0.3, -0.25) is 14.7 Å². The van der Waals surface area contributed by atoms with Crippen molar-refractivity contribution in [1.82, 2.24) is 4.90 Å². The second-order valence-corrected chi connectivity index (χ2v) is 12.2. The molecule has 0 spiro atoms. The van der Waals surface area contributed by atoms with Crippen LogP contribution in [0.1, 0.15) is 46.6 Å². The number of anilines is 1. The molecule has 0 bridgehead atoms. The van der Waals surface area contributed by atoms with Gasteiger partial charge in [-0.2, -0.15) is 0 Å². The minimum Gasteiger partial charge on any atom is -0.480 e.